The smallest absolute Gasteiger partial charge is 0.239 e. The van der Waals surface area contributed by atoms with Crippen molar-refractivity contribution < 1.29 is 22.0 Å². The molecule has 0 amide bonds. The van der Waals surface area contributed by atoms with E-state index in [9.17, 15) is 22.0 Å². The maximum atomic E-state index is 11.8. The van der Waals surface area contributed by atoms with Crippen molar-refractivity contribution in [2.75, 3.05) is 0 Å². The molecule has 0 N–H and O–H groups in total. The van der Waals surface area contributed by atoms with E-state index < -0.39 is 23.4 Å². The molecule has 2 atom stereocenters. The summed E-state index contributed by atoms with van der Waals surface area (Å²) in [7, 11) is 0. The Bertz CT molecular complexity index is 138. The number of alkyl halides is 6. The van der Waals surface area contributed by atoms with E-state index in [1.54, 1.807) is 0 Å². The van der Waals surface area contributed by atoms with Crippen LogP contribution in [0.15, 0.2) is 0 Å². The van der Waals surface area contributed by atoms with Crippen LogP contribution in [0.25, 0.3) is 0 Å². The Morgan fingerprint density at radius 1 is 1.00 bits per heavy atom. The van der Waals surface area contributed by atoms with Crippen molar-refractivity contribution >= 4 is 11.6 Å². The first-order valence-corrected chi connectivity index (χ1v) is 2.79. The highest BCUT2D eigenvalue weighted by molar-refractivity contribution is 6.22. The predicted molar refractivity (Wildman–Crippen MR) is 24.4 cm³/mol. The largest absolute Gasteiger partial charge is 0.343 e. The Balaban J connectivity index is 2.82. The number of halogens is 6. The topological polar surface area (TPSA) is 0 Å². The Hall–Kier alpha value is -0.0600. The molecule has 2 unspecified atom stereocenters. The number of hydrogen-bond acceptors (Lipinski definition) is 0. The van der Waals surface area contributed by atoms with Crippen LogP contribution < -0.4 is 0 Å². The van der Waals surface area contributed by atoms with Gasteiger partial charge in [0.2, 0.25) is 0 Å². The van der Waals surface area contributed by atoms with Crippen molar-refractivity contribution in [1.82, 2.24) is 0 Å². The summed E-state index contributed by atoms with van der Waals surface area (Å²) in [5.41, 5.74) is 0. The van der Waals surface area contributed by atoms with Gasteiger partial charge in [-0.25, -0.2) is 4.39 Å². The molecule has 1 rings (SSSR count). The van der Waals surface area contributed by atoms with E-state index in [-0.39, 0.29) is 0 Å². The van der Waals surface area contributed by atoms with Gasteiger partial charge in [-0.1, -0.05) is 0 Å². The van der Waals surface area contributed by atoms with Gasteiger partial charge in [0, 0.05) is 0 Å². The summed E-state index contributed by atoms with van der Waals surface area (Å²) in [6.07, 6.45) is -2.93. The van der Waals surface area contributed by atoms with Crippen LogP contribution >= 0.6 is 11.6 Å². The summed E-state index contributed by atoms with van der Waals surface area (Å²) in [6.45, 7) is 0. The predicted octanol–water partition coefficient (Wildman–Crippen LogP) is 2.22. The Morgan fingerprint density at radius 2 is 1.40 bits per heavy atom. The second-order valence-corrected chi connectivity index (χ2v) is 2.52. The van der Waals surface area contributed by atoms with Crippen LogP contribution in [0, 0.1) is 0 Å². The molecule has 60 valence electrons. The molecule has 1 aliphatic rings. The van der Waals surface area contributed by atoms with Crippen LogP contribution in [0.4, 0.5) is 22.0 Å². The minimum atomic E-state index is -4.58. The molecule has 0 radical (unpaired) electrons. The summed E-state index contributed by atoms with van der Waals surface area (Å²) >= 11 is 4.57. The molecule has 6 heteroatoms. The van der Waals surface area contributed by atoms with E-state index in [0.29, 0.717) is 0 Å². The van der Waals surface area contributed by atoms with Crippen molar-refractivity contribution in [1.29, 1.82) is 0 Å². The Labute approximate surface area is 58.0 Å². The minimum Gasteiger partial charge on any atom is -0.239 e. The fourth-order valence-electron chi connectivity index (χ4n) is 0.639. The van der Waals surface area contributed by atoms with Crippen LogP contribution in [0.2, 0.25) is 0 Å². The summed E-state index contributed by atoms with van der Waals surface area (Å²) in [4.78, 5) is 0. The van der Waals surface area contributed by atoms with Crippen molar-refractivity contribution in [3.8, 4) is 0 Å². The SMILES string of the molecule is FC1C(Cl)C(F)(F)C1(F)F. The van der Waals surface area contributed by atoms with E-state index >= 15 is 0 Å². The first-order valence-electron chi connectivity index (χ1n) is 2.35. The van der Waals surface area contributed by atoms with E-state index in [1.165, 1.54) is 0 Å². The van der Waals surface area contributed by atoms with Gasteiger partial charge in [-0.2, -0.15) is 17.6 Å². The summed E-state index contributed by atoms with van der Waals surface area (Å²) in [5.74, 6) is -8.98. The first kappa shape index (κ1) is 8.04. The molecule has 0 bridgehead atoms. The molecule has 0 aromatic carbocycles. The summed E-state index contributed by atoms with van der Waals surface area (Å²) < 4.78 is 59.0. The molecule has 0 heterocycles. The molecular formula is C4H2ClF5. The third-order valence-electron chi connectivity index (χ3n) is 1.39. The highest BCUT2D eigenvalue weighted by Gasteiger charge is 2.79. The van der Waals surface area contributed by atoms with Crippen molar-refractivity contribution in [3.05, 3.63) is 0 Å². The van der Waals surface area contributed by atoms with Gasteiger partial charge in [-0.15, -0.1) is 11.6 Å². The minimum absolute atomic E-state index is 2.39. The lowest BCUT2D eigenvalue weighted by Gasteiger charge is -2.43. The zero-order valence-electron chi connectivity index (χ0n) is 4.42. The van der Waals surface area contributed by atoms with Crippen molar-refractivity contribution in [2.24, 2.45) is 0 Å². The van der Waals surface area contributed by atoms with Gasteiger partial charge >= 0.3 is 11.8 Å². The molecule has 1 fully saturated rings. The van der Waals surface area contributed by atoms with Crippen molar-refractivity contribution in [2.45, 2.75) is 23.4 Å². The van der Waals surface area contributed by atoms with Gasteiger partial charge in [0.15, 0.2) is 6.17 Å². The molecule has 1 saturated carbocycles. The van der Waals surface area contributed by atoms with Crippen LogP contribution in [0.5, 0.6) is 0 Å². The van der Waals surface area contributed by atoms with Gasteiger partial charge in [0.25, 0.3) is 0 Å². The fourth-order valence-corrected chi connectivity index (χ4v) is 0.943. The molecule has 10 heavy (non-hydrogen) atoms. The van der Waals surface area contributed by atoms with Crippen LogP contribution in [0.3, 0.4) is 0 Å². The van der Waals surface area contributed by atoms with Gasteiger partial charge < -0.3 is 0 Å². The van der Waals surface area contributed by atoms with Gasteiger partial charge in [-0.05, 0) is 0 Å². The Kier molecular flexibility index (Phi) is 1.41. The standard InChI is InChI=1S/C4H2ClF5/c5-1-2(6)4(9,10)3(1,7)8/h1-2H. The second kappa shape index (κ2) is 1.75. The van der Waals surface area contributed by atoms with Gasteiger partial charge in [0.05, 0.1) is 0 Å². The average molecular weight is 181 g/mol. The van der Waals surface area contributed by atoms with E-state index in [4.69, 9.17) is 0 Å². The third-order valence-corrected chi connectivity index (χ3v) is 1.89. The normalized spacial score (nSPS) is 42.6. The monoisotopic (exact) mass is 180 g/mol. The molecule has 0 aromatic rings. The van der Waals surface area contributed by atoms with Crippen molar-refractivity contribution in [3.63, 3.8) is 0 Å². The highest BCUT2D eigenvalue weighted by atomic mass is 35.5. The zero-order valence-corrected chi connectivity index (χ0v) is 5.18. The molecular weight excluding hydrogens is 178 g/mol. The lowest BCUT2D eigenvalue weighted by atomic mass is 9.86. The van der Waals surface area contributed by atoms with E-state index in [2.05, 4.69) is 11.6 Å². The van der Waals surface area contributed by atoms with E-state index in [0.717, 1.165) is 0 Å². The zero-order chi connectivity index (χ0) is 8.15. The number of rotatable bonds is 0. The highest BCUT2D eigenvalue weighted by Crippen LogP contribution is 2.55. The second-order valence-electron chi connectivity index (χ2n) is 2.05. The summed E-state index contributed by atoms with van der Waals surface area (Å²) in [5, 5.41) is -2.39. The summed E-state index contributed by atoms with van der Waals surface area (Å²) in [6, 6.07) is 0. The molecule has 0 aromatic heterocycles. The third kappa shape index (κ3) is 0.615. The van der Waals surface area contributed by atoms with Gasteiger partial charge in [-0.3, -0.25) is 0 Å². The average Bonchev–Trinajstić information content (AvgIpc) is 1.84. The molecule has 0 saturated heterocycles. The fraction of sp³-hybridized carbons (Fsp3) is 1.00. The lowest BCUT2D eigenvalue weighted by molar-refractivity contribution is -0.309. The number of hydrogen-bond donors (Lipinski definition) is 0. The van der Waals surface area contributed by atoms with Crippen LogP contribution in [0.1, 0.15) is 0 Å². The first-order chi connectivity index (χ1) is 4.32. The quantitative estimate of drug-likeness (QED) is 0.396. The Morgan fingerprint density at radius 3 is 1.50 bits per heavy atom. The molecule has 0 aliphatic heterocycles. The molecule has 0 spiro atoms. The van der Waals surface area contributed by atoms with Crippen LogP contribution in [-0.2, 0) is 0 Å². The maximum Gasteiger partial charge on any atom is 0.343 e. The van der Waals surface area contributed by atoms with E-state index in [1.807, 2.05) is 0 Å². The maximum absolute atomic E-state index is 11.8. The van der Waals surface area contributed by atoms with Gasteiger partial charge in [0.1, 0.15) is 5.38 Å². The molecule has 0 nitrogen and oxygen atoms in total. The molecule has 1 aliphatic carbocycles. The van der Waals surface area contributed by atoms with Crippen LogP contribution in [-0.4, -0.2) is 23.4 Å². The lowest BCUT2D eigenvalue weighted by Crippen LogP contribution is -2.69.